The molecule has 2 atom stereocenters. The molecule has 1 aliphatic carbocycles. The van der Waals surface area contributed by atoms with Crippen LogP contribution in [0.15, 0.2) is 59.3 Å². The first kappa shape index (κ1) is 21.0. The molecule has 31 heavy (non-hydrogen) atoms. The maximum Gasteiger partial charge on any atom is 0.332 e. The van der Waals surface area contributed by atoms with Gasteiger partial charge in [0.1, 0.15) is 11.5 Å². The zero-order valence-corrected chi connectivity index (χ0v) is 18.4. The van der Waals surface area contributed by atoms with Crippen LogP contribution in [0.4, 0.5) is 0 Å². The van der Waals surface area contributed by atoms with Crippen LogP contribution in [0.5, 0.6) is 11.5 Å². The molecule has 4 rings (SSSR count). The van der Waals surface area contributed by atoms with Crippen LogP contribution in [0.1, 0.15) is 43.0 Å². The Morgan fingerprint density at radius 2 is 1.84 bits per heavy atom. The van der Waals surface area contributed by atoms with Gasteiger partial charge in [-0.15, -0.1) is 0 Å². The van der Waals surface area contributed by atoms with Gasteiger partial charge in [-0.3, -0.25) is 5.01 Å². The van der Waals surface area contributed by atoms with Crippen LogP contribution in [-0.4, -0.2) is 37.5 Å². The van der Waals surface area contributed by atoms with Gasteiger partial charge in [0.05, 0.1) is 32.6 Å². The number of hydrogen-bond donors (Lipinski definition) is 0. The van der Waals surface area contributed by atoms with Crippen molar-refractivity contribution >= 4 is 11.7 Å². The van der Waals surface area contributed by atoms with E-state index in [0.717, 1.165) is 46.9 Å². The summed E-state index contributed by atoms with van der Waals surface area (Å²) in [4.78, 5) is 12.1. The van der Waals surface area contributed by atoms with Gasteiger partial charge in [0, 0.05) is 23.3 Å². The molecule has 0 fully saturated rings. The van der Waals surface area contributed by atoms with Gasteiger partial charge in [0.25, 0.3) is 0 Å². The molecule has 0 radical (unpaired) electrons. The first-order chi connectivity index (χ1) is 15.0. The van der Waals surface area contributed by atoms with Gasteiger partial charge in [-0.1, -0.05) is 12.1 Å². The van der Waals surface area contributed by atoms with E-state index >= 15 is 0 Å². The van der Waals surface area contributed by atoms with Crippen molar-refractivity contribution in [3.8, 4) is 11.5 Å². The van der Waals surface area contributed by atoms with E-state index in [9.17, 15) is 4.79 Å². The normalized spacial score (nSPS) is 19.9. The lowest BCUT2D eigenvalue weighted by molar-refractivity contribution is -0.137. The number of aryl methyl sites for hydroxylation is 1. The summed E-state index contributed by atoms with van der Waals surface area (Å²) < 4.78 is 15.9. The second kappa shape index (κ2) is 8.84. The number of esters is 1. The third-order valence-electron chi connectivity index (χ3n) is 5.96. The molecule has 0 aromatic heterocycles. The zero-order valence-electron chi connectivity index (χ0n) is 18.4. The van der Waals surface area contributed by atoms with E-state index in [1.807, 2.05) is 30.1 Å². The number of rotatable bonds is 6. The highest BCUT2D eigenvalue weighted by atomic mass is 16.5. The molecule has 6 nitrogen and oxygen atoms in total. The summed E-state index contributed by atoms with van der Waals surface area (Å²) in [5.74, 6) is 1.54. The summed E-state index contributed by atoms with van der Waals surface area (Å²) in [6.07, 6.45) is 3.45. The quantitative estimate of drug-likeness (QED) is 0.509. The summed E-state index contributed by atoms with van der Waals surface area (Å²) in [7, 11) is 3.35. The topological polar surface area (TPSA) is 60.4 Å². The number of hydrogen-bond acceptors (Lipinski definition) is 6. The number of fused-ring (bicyclic) bond motifs is 3. The second-order valence-corrected chi connectivity index (χ2v) is 7.75. The van der Waals surface area contributed by atoms with Gasteiger partial charge in [-0.05, 0) is 68.1 Å². The fourth-order valence-corrected chi connectivity index (χ4v) is 4.48. The molecule has 6 heteroatoms. The van der Waals surface area contributed by atoms with E-state index < -0.39 is 0 Å². The van der Waals surface area contributed by atoms with Crippen molar-refractivity contribution in [2.24, 2.45) is 11.0 Å². The van der Waals surface area contributed by atoms with E-state index in [1.54, 1.807) is 21.1 Å². The minimum atomic E-state index is -0.353. The zero-order chi connectivity index (χ0) is 22.0. The average molecular weight is 421 g/mol. The summed E-state index contributed by atoms with van der Waals surface area (Å²) >= 11 is 0. The molecule has 2 aromatic carbocycles. The second-order valence-electron chi connectivity index (χ2n) is 7.75. The number of hydrazone groups is 1. The number of benzene rings is 2. The molecule has 2 aliphatic rings. The van der Waals surface area contributed by atoms with E-state index in [0.29, 0.717) is 6.61 Å². The largest absolute Gasteiger partial charge is 0.497 e. The van der Waals surface area contributed by atoms with Gasteiger partial charge in [-0.2, -0.15) is 5.10 Å². The number of ether oxygens (including phenoxy) is 3. The van der Waals surface area contributed by atoms with E-state index in [-0.39, 0.29) is 17.9 Å². The van der Waals surface area contributed by atoms with Crippen molar-refractivity contribution in [3.05, 3.63) is 70.9 Å². The third kappa shape index (κ3) is 4.02. The highest BCUT2D eigenvalue weighted by Crippen LogP contribution is 2.45. The Morgan fingerprint density at radius 3 is 2.52 bits per heavy atom. The Morgan fingerprint density at radius 1 is 1.13 bits per heavy atom. The van der Waals surface area contributed by atoms with Crippen LogP contribution < -0.4 is 9.47 Å². The summed E-state index contributed by atoms with van der Waals surface area (Å²) in [6, 6.07) is 14.3. The average Bonchev–Trinajstić information content (AvgIpc) is 3.19. The molecule has 1 heterocycles. The first-order valence-electron chi connectivity index (χ1n) is 10.6. The van der Waals surface area contributed by atoms with E-state index in [4.69, 9.17) is 19.3 Å². The summed E-state index contributed by atoms with van der Waals surface area (Å²) in [5.41, 5.74) is 5.36. The molecule has 2 unspecified atom stereocenters. The van der Waals surface area contributed by atoms with Gasteiger partial charge in [-0.25, -0.2) is 4.79 Å². The first-order valence-corrected chi connectivity index (χ1v) is 10.6. The minimum absolute atomic E-state index is 0.00170. The van der Waals surface area contributed by atoms with Crippen LogP contribution in [0.2, 0.25) is 0 Å². The molecule has 0 bridgehead atoms. The van der Waals surface area contributed by atoms with Gasteiger partial charge < -0.3 is 14.2 Å². The molecule has 162 valence electrons. The van der Waals surface area contributed by atoms with E-state index in [2.05, 4.69) is 24.3 Å². The van der Waals surface area contributed by atoms with Crippen LogP contribution in [-0.2, 0) is 16.0 Å². The monoisotopic (exact) mass is 420 g/mol. The molecular weight excluding hydrogens is 392 g/mol. The molecule has 0 amide bonds. The van der Waals surface area contributed by atoms with Crippen molar-refractivity contribution in [3.63, 3.8) is 0 Å². The Bertz CT molecular complexity index is 1030. The fourth-order valence-electron chi connectivity index (χ4n) is 4.48. The maximum atomic E-state index is 12.1. The number of methoxy groups -OCH3 is 2. The molecule has 0 saturated heterocycles. The van der Waals surface area contributed by atoms with Crippen molar-refractivity contribution < 1.29 is 19.0 Å². The molecular formula is C25H28N2O4. The van der Waals surface area contributed by atoms with Crippen LogP contribution in [0, 0.1) is 5.92 Å². The SMILES string of the molecule is CCOC(=O)C=C(C)N1N=C2c3ccc(OC)cc3CCC2C1c1ccc(OC)cc1. The fraction of sp³-hybridized carbons (Fsp3) is 0.360. The lowest BCUT2D eigenvalue weighted by atomic mass is 9.77. The number of allylic oxidation sites excluding steroid dienone is 1. The Labute approximate surface area is 183 Å². The molecule has 2 aromatic rings. The Kier molecular flexibility index (Phi) is 5.98. The lowest BCUT2D eigenvalue weighted by Gasteiger charge is -2.31. The smallest absolute Gasteiger partial charge is 0.332 e. The van der Waals surface area contributed by atoms with Crippen molar-refractivity contribution in [2.75, 3.05) is 20.8 Å². The Hall–Kier alpha value is -3.28. The maximum absolute atomic E-state index is 12.1. The predicted molar refractivity (Wildman–Crippen MR) is 119 cm³/mol. The predicted octanol–water partition coefficient (Wildman–Crippen LogP) is 4.49. The lowest BCUT2D eigenvalue weighted by Crippen LogP contribution is -2.28. The number of carbonyl (C=O) groups excluding carboxylic acids is 1. The Balaban J connectivity index is 1.76. The minimum Gasteiger partial charge on any atom is -0.497 e. The van der Waals surface area contributed by atoms with Crippen LogP contribution in [0.25, 0.3) is 0 Å². The summed E-state index contributed by atoms with van der Waals surface area (Å²) in [6.45, 7) is 4.05. The summed E-state index contributed by atoms with van der Waals surface area (Å²) in [5, 5.41) is 6.99. The van der Waals surface area contributed by atoms with Crippen LogP contribution >= 0.6 is 0 Å². The molecule has 0 N–H and O–H groups in total. The van der Waals surface area contributed by atoms with Crippen LogP contribution in [0.3, 0.4) is 0 Å². The van der Waals surface area contributed by atoms with E-state index in [1.165, 1.54) is 11.6 Å². The van der Waals surface area contributed by atoms with Crippen molar-refractivity contribution in [1.29, 1.82) is 0 Å². The molecule has 0 spiro atoms. The highest BCUT2D eigenvalue weighted by Gasteiger charge is 2.42. The third-order valence-corrected chi connectivity index (χ3v) is 5.96. The standard InChI is InChI=1S/C25H28N2O4/c1-5-31-23(28)14-16(2)27-25(17-6-9-19(29-3)10-7-17)22-12-8-18-15-20(30-4)11-13-21(18)24(22)26-27/h6-7,9-11,13-15,22,25H,5,8,12H2,1-4H3. The highest BCUT2D eigenvalue weighted by molar-refractivity contribution is 6.06. The van der Waals surface area contributed by atoms with Gasteiger partial charge in [0.15, 0.2) is 0 Å². The van der Waals surface area contributed by atoms with Gasteiger partial charge in [0.2, 0.25) is 0 Å². The van der Waals surface area contributed by atoms with Crippen molar-refractivity contribution in [2.45, 2.75) is 32.7 Å². The number of carbonyl (C=O) groups is 1. The van der Waals surface area contributed by atoms with Crippen molar-refractivity contribution in [1.82, 2.24) is 5.01 Å². The molecule has 0 saturated carbocycles. The molecule has 1 aliphatic heterocycles. The number of nitrogens with zero attached hydrogens (tertiary/aromatic N) is 2. The van der Waals surface area contributed by atoms with Gasteiger partial charge >= 0.3 is 5.97 Å².